The van der Waals surface area contributed by atoms with E-state index in [0.717, 1.165) is 5.69 Å². The molecule has 0 bridgehead atoms. The Balaban J connectivity index is 1.54. The highest BCUT2D eigenvalue weighted by Crippen LogP contribution is 2.29. The molecule has 2 aromatic carbocycles. The Hall–Kier alpha value is -2.86. The van der Waals surface area contributed by atoms with Gasteiger partial charge in [0.25, 0.3) is 0 Å². The van der Waals surface area contributed by atoms with E-state index in [1.165, 1.54) is 5.56 Å². The predicted octanol–water partition coefficient (Wildman–Crippen LogP) is 5.76. The number of carbonyl (C=O) groups excluding carboxylic acids is 1. The summed E-state index contributed by atoms with van der Waals surface area (Å²) in [7, 11) is 0. The Labute approximate surface area is 182 Å². The number of carbonyl (C=O) groups is 1. The van der Waals surface area contributed by atoms with Crippen LogP contribution in [0, 0.1) is 0 Å². The average molecular weight is 427 g/mol. The lowest BCUT2D eigenvalue weighted by molar-refractivity contribution is -0.116. The van der Waals surface area contributed by atoms with Gasteiger partial charge in [-0.2, -0.15) is 4.98 Å². The number of nitrogens with one attached hydrogen (secondary N) is 2. The maximum Gasteiger partial charge on any atom is 0.227 e. The normalized spacial score (nSPS) is 12.4. The molecule has 3 aromatic rings. The Kier molecular flexibility index (Phi) is 6.77. The van der Waals surface area contributed by atoms with Gasteiger partial charge >= 0.3 is 0 Å². The number of nitrogens with zero attached hydrogens (tertiary/aromatic N) is 2. The summed E-state index contributed by atoms with van der Waals surface area (Å²) >= 11 is 6.42. The Bertz CT molecular complexity index is 996. The molecule has 1 amide bonds. The van der Waals surface area contributed by atoms with Crippen LogP contribution in [-0.2, 0) is 16.6 Å². The van der Waals surface area contributed by atoms with Crippen LogP contribution in [0.2, 0.25) is 5.02 Å². The molecule has 0 aliphatic carbocycles. The zero-order valence-electron chi connectivity index (χ0n) is 17.7. The van der Waals surface area contributed by atoms with E-state index in [4.69, 9.17) is 16.1 Å². The molecule has 7 heteroatoms. The second kappa shape index (κ2) is 9.30. The minimum Gasteiger partial charge on any atom is -0.377 e. The van der Waals surface area contributed by atoms with E-state index >= 15 is 0 Å². The van der Waals surface area contributed by atoms with E-state index in [1.54, 1.807) is 6.07 Å². The number of aryl methyl sites for hydroxylation is 1. The van der Waals surface area contributed by atoms with E-state index in [9.17, 15) is 4.79 Å². The number of anilines is 2. The second-order valence-corrected chi connectivity index (χ2v) is 8.69. The average Bonchev–Trinajstić information content (AvgIpc) is 3.19. The molecule has 1 atom stereocenters. The van der Waals surface area contributed by atoms with Gasteiger partial charge in [-0.25, -0.2) is 0 Å². The van der Waals surface area contributed by atoms with Gasteiger partial charge in [-0.1, -0.05) is 67.9 Å². The highest BCUT2D eigenvalue weighted by Gasteiger charge is 2.21. The summed E-state index contributed by atoms with van der Waals surface area (Å²) in [5, 5.41) is 10.8. The highest BCUT2D eigenvalue weighted by molar-refractivity contribution is 6.33. The lowest BCUT2D eigenvalue weighted by Crippen LogP contribution is -2.14. The molecule has 6 nitrogen and oxygen atoms in total. The number of aromatic nitrogens is 2. The summed E-state index contributed by atoms with van der Waals surface area (Å²) in [6, 6.07) is 15.7. The first kappa shape index (κ1) is 21.8. The number of amides is 1. The van der Waals surface area contributed by atoms with Gasteiger partial charge in [-0.15, -0.1) is 0 Å². The van der Waals surface area contributed by atoms with Crippen LogP contribution in [0.15, 0.2) is 53.1 Å². The third-order valence-electron chi connectivity index (χ3n) is 4.63. The Morgan fingerprint density at radius 2 is 1.90 bits per heavy atom. The fourth-order valence-electron chi connectivity index (χ4n) is 2.87. The largest absolute Gasteiger partial charge is 0.377 e. The number of benzene rings is 2. The molecule has 1 aromatic heterocycles. The first-order valence-corrected chi connectivity index (χ1v) is 10.3. The minimum atomic E-state index is -0.186. The molecule has 0 aliphatic heterocycles. The smallest absolute Gasteiger partial charge is 0.227 e. The lowest BCUT2D eigenvalue weighted by atomic mass is 9.96. The van der Waals surface area contributed by atoms with Crippen molar-refractivity contribution in [1.29, 1.82) is 0 Å². The van der Waals surface area contributed by atoms with Crippen LogP contribution in [0.4, 0.5) is 11.4 Å². The molecule has 1 unspecified atom stereocenters. The summed E-state index contributed by atoms with van der Waals surface area (Å²) in [6.45, 7) is 8.11. The highest BCUT2D eigenvalue weighted by atomic mass is 35.5. The first-order valence-electron chi connectivity index (χ1n) is 9.96. The molecule has 0 spiro atoms. The third kappa shape index (κ3) is 5.83. The third-order valence-corrected chi connectivity index (χ3v) is 4.94. The van der Waals surface area contributed by atoms with Crippen LogP contribution in [0.5, 0.6) is 0 Å². The topological polar surface area (TPSA) is 80.0 Å². The van der Waals surface area contributed by atoms with Crippen molar-refractivity contribution < 1.29 is 9.32 Å². The number of rotatable bonds is 7. The molecule has 0 saturated carbocycles. The van der Waals surface area contributed by atoms with Gasteiger partial charge in [0, 0.05) is 30.0 Å². The molecule has 30 heavy (non-hydrogen) atoms. The second-order valence-electron chi connectivity index (χ2n) is 8.28. The van der Waals surface area contributed by atoms with E-state index in [1.807, 2.05) is 51.1 Å². The summed E-state index contributed by atoms with van der Waals surface area (Å²) < 4.78 is 5.23. The molecular formula is C23H27ClN4O2. The maximum atomic E-state index is 12.3. The summed E-state index contributed by atoms with van der Waals surface area (Å²) in [5.41, 5.74) is 2.44. The van der Waals surface area contributed by atoms with E-state index in [0.29, 0.717) is 28.8 Å². The number of hydrogen-bond donors (Lipinski definition) is 2. The first-order chi connectivity index (χ1) is 14.2. The zero-order valence-corrected chi connectivity index (χ0v) is 18.5. The summed E-state index contributed by atoms with van der Waals surface area (Å²) in [4.78, 5) is 16.6. The van der Waals surface area contributed by atoms with Crippen molar-refractivity contribution in [2.24, 2.45) is 0 Å². The van der Waals surface area contributed by atoms with Gasteiger partial charge in [0.1, 0.15) is 0 Å². The number of halogens is 1. The molecule has 0 fully saturated rings. The molecular weight excluding hydrogens is 400 g/mol. The fraction of sp³-hybridized carbons (Fsp3) is 0.348. The number of hydrogen-bond acceptors (Lipinski definition) is 5. The van der Waals surface area contributed by atoms with Crippen molar-refractivity contribution in [3.05, 3.63) is 70.8 Å². The van der Waals surface area contributed by atoms with Crippen LogP contribution in [-0.4, -0.2) is 16.0 Å². The quantitative estimate of drug-likeness (QED) is 0.501. The summed E-state index contributed by atoms with van der Waals surface area (Å²) in [5.74, 6) is 0.958. The lowest BCUT2D eigenvalue weighted by Gasteiger charge is -2.17. The zero-order chi connectivity index (χ0) is 21.7. The fourth-order valence-corrected chi connectivity index (χ4v) is 3.11. The van der Waals surface area contributed by atoms with Gasteiger partial charge in [0.15, 0.2) is 5.82 Å². The van der Waals surface area contributed by atoms with Crippen LogP contribution in [0.1, 0.15) is 57.4 Å². The molecule has 1 heterocycles. The van der Waals surface area contributed by atoms with E-state index in [2.05, 4.69) is 39.8 Å². The van der Waals surface area contributed by atoms with Crippen molar-refractivity contribution >= 4 is 28.9 Å². The van der Waals surface area contributed by atoms with E-state index < -0.39 is 0 Å². The van der Waals surface area contributed by atoms with Crippen molar-refractivity contribution in [3.63, 3.8) is 0 Å². The Morgan fingerprint density at radius 3 is 2.53 bits per heavy atom. The van der Waals surface area contributed by atoms with Crippen LogP contribution in [0.3, 0.4) is 0 Å². The van der Waals surface area contributed by atoms with Crippen molar-refractivity contribution in [2.75, 3.05) is 10.6 Å². The van der Waals surface area contributed by atoms with E-state index in [-0.39, 0.29) is 23.8 Å². The molecule has 158 valence electrons. The van der Waals surface area contributed by atoms with Gasteiger partial charge in [0.2, 0.25) is 11.8 Å². The van der Waals surface area contributed by atoms with Crippen LogP contribution < -0.4 is 10.6 Å². The van der Waals surface area contributed by atoms with Gasteiger partial charge in [-0.3, -0.25) is 4.79 Å². The van der Waals surface area contributed by atoms with Crippen molar-refractivity contribution in [3.8, 4) is 0 Å². The Morgan fingerprint density at radius 1 is 1.17 bits per heavy atom. The van der Waals surface area contributed by atoms with Gasteiger partial charge in [-0.05, 0) is 30.7 Å². The van der Waals surface area contributed by atoms with Crippen molar-refractivity contribution in [2.45, 2.75) is 52.0 Å². The molecule has 0 radical (unpaired) electrons. The molecule has 2 N–H and O–H groups in total. The monoisotopic (exact) mass is 426 g/mol. The minimum absolute atomic E-state index is 0.108. The molecule has 0 saturated heterocycles. The van der Waals surface area contributed by atoms with Gasteiger partial charge < -0.3 is 15.2 Å². The van der Waals surface area contributed by atoms with Crippen LogP contribution >= 0.6 is 11.6 Å². The summed E-state index contributed by atoms with van der Waals surface area (Å²) in [6.07, 6.45) is 0.630. The molecule has 0 aliphatic rings. The van der Waals surface area contributed by atoms with Gasteiger partial charge in [0.05, 0.1) is 10.7 Å². The predicted molar refractivity (Wildman–Crippen MR) is 120 cm³/mol. The van der Waals surface area contributed by atoms with Crippen molar-refractivity contribution in [1.82, 2.24) is 10.1 Å². The standard InChI is InChI=1S/C23H27ClN4O2/c1-15(16-8-6-5-7-9-16)25-19-11-10-17(14-18(19)24)26-20(29)12-13-21-27-22(28-30-21)23(2,3)4/h5-11,14-15,25H,12-13H2,1-4H3,(H,26,29). The molecule has 3 rings (SSSR count). The SMILES string of the molecule is CC(Nc1ccc(NC(=O)CCc2nc(C(C)(C)C)no2)cc1Cl)c1ccccc1. The maximum absolute atomic E-state index is 12.3. The van der Waals surface area contributed by atoms with Crippen LogP contribution in [0.25, 0.3) is 0 Å².